The Morgan fingerprint density at radius 3 is 1.55 bits per heavy atom. The largest absolute Gasteiger partial charge is 0.438 e. The second-order valence-electron chi connectivity index (χ2n) is 3.72. The third-order valence-corrected chi connectivity index (χ3v) is 3.06. The van der Waals surface area contributed by atoms with Gasteiger partial charge in [-0.2, -0.15) is 43.5 Å². The minimum atomic E-state index is -7.01. The van der Waals surface area contributed by atoms with Crippen LogP contribution in [0.3, 0.4) is 0 Å². The van der Waals surface area contributed by atoms with E-state index in [2.05, 4.69) is 6.58 Å². The molecule has 0 aliphatic carbocycles. The fourth-order valence-corrected chi connectivity index (χ4v) is 1.25. The zero-order chi connectivity index (χ0) is 18.6. The van der Waals surface area contributed by atoms with Crippen molar-refractivity contribution in [3.63, 3.8) is 0 Å². The highest BCUT2D eigenvalue weighted by atomic mass is 32.2. The zero-order valence-corrected chi connectivity index (χ0v) is 11.8. The lowest BCUT2D eigenvalue weighted by atomic mass is 10.0. The van der Waals surface area contributed by atoms with Crippen molar-refractivity contribution in [3.8, 4) is 0 Å². The van der Waals surface area contributed by atoms with Gasteiger partial charge in [-0.05, 0) is 0 Å². The van der Waals surface area contributed by atoms with Gasteiger partial charge in [0, 0.05) is 13.0 Å². The van der Waals surface area contributed by atoms with Crippen LogP contribution in [0.1, 0.15) is 13.3 Å². The van der Waals surface area contributed by atoms with Gasteiger partial charge in [0.1, 0.15) is 0 Å². The minimum absolute atomic E-state index is 0.301. The molecule has 0 fully saturated rings. The van der Waals surface area contributed by atoms with Crippen LogP contribution >= 0.6 is 0 Å². The number of nitrogens with two attached hydrogens (primary N) is 1. The number of hydrogen-bond acceptors (Lipinski definition) is 3. The number of hydrogen-bond donors (Lipinski definition) is 2. The van der Waals surface area contributed by atoms with Gasteiger partial charge in [0.25, 0.3) is 0 Å². The number of rotatable bonds is 6. The SMILES string of the molecule is C=CCN.CCC(F)(F)C(F)(F)C(F)(F)C(F)(F)S(=O)(=O)O. The summed E-state index contributed by atoms with van der Waals surface area (Å²) in [5.74, 6) is -19.3. The fourth-order valence-electron chi connectivity index (χ4n) is 0.796. The summed E-state index contributed by atoms with van der Waals surface area (Å²) in [6.07, 6.45) is -0.294. The Labute approximate surface area is 120 Å². The van der Waals surface area contributed by atoms with Crippen LogP contribution in [0.4, 0.5) is 35.1 Å². The maximum Gasteiger partial charge on any atom is 0.438 e. The van der Waals surface area contributed by atoms with E-state index in [1.54, 1.807) is 6.08 Å². The highest BCUT2D eigenvalue weighted by Gasteiger charge is 2.83. The van der Waals surface area contributed by atoms with Gasteiger partial charge in [0.15, 0.2) is 0 Å². The molecule has 0 amide bonds. The van der Waals surface area contributed by atoms with Crippen molar-refractivity contribution in [1.82, 2.24) is 0 Å². The van der Waals surface area contributed by atoms with E-state index in [9.17, 15) is 43.5 Å². The first-order valence-electron chi connectivity index (χ1n) is 5.27. The summed E-state index contributed by atoms with van der Waals surface area (Å²) in [7, 11) is -7.01. The Bertz CT molecular complexity index is 477. The van der Waals surface area contributed by atoms with Crippen molar-refractivity contribution in [2.24, 2.45) is 5.73 Å². The third-order valence-electron chi connectivity index (χ3n) is 2.15. The first kappa shape index (κ1) is 23.3. The van der Waals surface area contributed by atoms with Crippen LogP contribution in [0.15, 0.2) is 12.7 Å². The zero-order valence-electron chi connectivity index (χ0n) is 11.0. The van der Waals surface area contributed by atoms with Crippen LogP contribution in [0.2, 0.25) is 0 Å². The molecule has 0 atom stereocenters. The van der Waals surface area contributed by atoms with Crippen LogP contribution in [0.25, 0.3) is 0 Å². The van der Waals surface area contributed by atoms with Crippen LogP contribution in [-0.2, 0) is 10.1 Å². The van der Waals surface area contributed by atoms with Crippen LogP contribution in [0, 0.1) is 0 Å². The Balaban J connectivity index is 0. The van der Waals surface area contributed by atoms with E-state index in [1.165, 1.54) is 0 Å². The quantitative estimate of drug-likeness (QED) is 0.430. The molecule has 0 aromatic heterocycles. The molecule has 0 aliphatic rings. The monoisotopic (exact) mass is 367 g/mol. The average molecular weight is 367 g/mol. The Kier molecular flexibility index (Phi) is 7.51. The summed E-state index contributed by atoms with van der Waals surface area (Å²) in [5.41, 5.74) is 4.91. The van der Waals surface area contributed by atoms with Crippen molar-refractivity contribution in [2.75, 3.05) is 6.54 Å². The highest BCUT2D eigenvalue weighted by molar-refractivity contribution is 7.87. The summed E-state index contributed by atoms with van der Waals surface area (Å²) in [4.78, 5) is 0. The predicted molar refractivity (Wildman–Crippen MR) is 60.9 cm³/mol. The lowest BCUT2D eigenvalue weighted by Crippen LogP contribution is -2.64. The smallest absolute Gasteiger partial charge is 0.327 e. The molecule has 22 heavy (non-hydrogen) atoms. The highest BCUT2D eigenvalue weighted by Crippen LogP contribution is 2.54. The molecule has 0 saturated heterocycles. The summed E-state index contributed by atoms with van der Waals surface area (Å²) < 4.78 is 128. The van der Waals surface area contributed by atoms with Crippen molar-refractivity contribution in [1.29, 1.82) is 0 Å². The molecule has 0 aromatic carbocycles. The van der Waals surface area contributed by atoms with Gasteiger partial charge in [-0.15, -0.1) is 6.58 Å². The maximum atomic E-state index is 12.7. The van der Waals surface area contributed by atoms with Gasteiger partial charge in [-0.3, -0.25) is 4.55 Å². The molecule has 134 valence electrons. The lowest BCUT2D eigenvalue weighted by molar-refractivity contribution is -0.348. The molecule has 0 rings (SSSR count). The summed E-state index contributed by atoms with van der Waals surface area (Å²) in [6, 6.07) is 0. The lowest BCUT2D eigenvalue weighted by Gasteiger charge is -2.34. The second-order valence-corrected chi connectivity index (χ2v) is 5.19. The molecule has 0 spiro atoms. The van der Waals surface area contributed by atoms with Gasteiger partial charge in [-0.1, -0.05) is 13.0 Å². The van der Waals surface area contributed by atoms with E-state index in [0.717, 1.165) is 0 Å². The molecule has 0 bridgehead atoms. The van der Waals surface area contributed by atoms with Gasteiger partial charge in [0.05, 0.1) is 0 Å². The first-order valence-corrected chi connectivity index (χ1v) is 6.71. The average Bonchev–Trinajstić information content (AvgIpc) is 2.36. The molecular weight excluding hydrogens is 354 g/mol. The van der Waals surface area contributed by atoms with Crippen molar-refractivity contribution < 1.29 is 48.1 Å². The molecule has 4 nitrogen and oxygen atoms in total. The van der Waals surface area contributed by atoms with Crippen molar-refractivity contribution in [3.05, 3.63) is 12.7 Å². The summed E-state index contributed by atoms with van der Waals surface area (Å²) >= 11 is 0. The minimum Gasteiger partial charge on any atom is -0.327 e. The van der Waals surface area contributed by atoms with E-state index < -0.39 is 39.6 Å². The summed E-state index contributed by atoms with van der Waals surface area (Å²) in [6.45, 7) is 4.24. The van der Waals surface area contributed by atoms with E-state index in [0.29, 0.717) is 13.5 Å². The normalized spacial score (nSPS) is 14.1. The maximum absolute atomic E-state index is 12.7. The molecule has 3 N–H and O–H groups in total. The Morgan fingerprint density at radius 2 is 1.36 bits per heavy atom. The molecule has 13 heteroatoms. The van der Waals surface area contributed by atoms with E-state index in [1.807, 2.05) is 0 Å². The number of alkyl halides is 8. The van der Waals surface area contributed by atoms with Gasteiger partial charge >= 0.3 is 33.1 Å². The second kappa shape index (κ2) is 7.08. The van der Waals surface area contributed by atoms with E-state index in [-0.39, 0.29) is 0 Å². The molecule has 0 radical (unpaired) electrons. The molecule has 0 aliphatic heterocycles. The third kappa shape index (κ3) is 4.07. The van der Waals surface area contributed by atoms with Crippen LogP contribution in [-0.4, -0.2) is 42.5 Å². The van der Waals surface area contributed by atoms with Crippen molar-refractivity contribution in [2.45, 2.75) is 36.4 Å². The number of halogens is 8. The molecule has 0 saturated carbocycles. The van der Waals surface area contributed by atoms with E-state index >= 15 is 0 Å². The van der Waals surface area contributed by atoms with E-state index in [4.69, 9.17) is 10.3 Å². The first-order chi connectivity index (χ1) is 9.47. The fraction of sp³-hybridized carbons (Fsp3) is 0.778. The Morgan fingerprint density at radius 1 is 1.05 bits per heavy atom. The molecular formula is C9H13F8NO3S. The molecule has 0 aromatic rings. The van der Waals surface area contributed by atoms with Crippen molar-refractivity contribution >= 4 is 10.1 Å². The summed E-state index contributed by atoms with van der Waals surface area (Å²) in [5, 5.41) is -6.76. The topological polar surface area (TPSA) is 80.4 Å². The van der Waals surface area contributed by atoms with Gasteiger partial charge in [0.2, 0.25) is 0 Å². The predicted octanol–water partition coefficient (Wildman–Crippen LogP) is 2.91. The molecule has 0 heterocycles. The van der Waals surface area contributed by atoms with Crippen LogP contribution < -0.4 is 5.73 Å². The van der Waals surface area contributed by atoms with Crippen LogP contribution in [0.5, 0.6) is 0 Å². The Hall–Kier alpha value is -0.950. The molecule has 0 unspecified atom stereocenters. The van der Waals surface area contributed by atoms with Gasteiger partial charge in [-0.25, -0.2) is 0 Å². The standard InChI is InChI=1S/C6H6F8O3S.C3H7N/c1-2-3(7,8)4(9,10)5(11,12)6(13,14)18(15,16)17;1-2-3-4/h2H2,1H3,(H,15,16,17);2H,1,3-4H2. The van der Waals surface area contributed by atoms with Gasteiger partial charge < -0.3 is 5.73 Å².